The van der Waals surface area contributed by atoms with Gasteiger partial charge in [-0.2, -0.15) is 11.8 Å². The molecule has 0 radical (unpaired) electrons. The van der Waals surface area contributed by atoms with Crippen LogP contribution in [-0.4, -0.2) is 48.0 Å². The maximum atomic E-state index is 10.1. The third-order valence-electron chi connectivity index (χ3n) is 5.06. The van der Waals surface area contributed by atoms with Gasteiger partial charge < -0.3 is 15.2 Å². The van der Waals surface area contributed by atoms with Gasteiger partial charge in [0.25, 0.3) is 0 Å². The molecule has 2 N–H and O–H groups in total. The number of hydrogen-bond acceptors (Lipinski definition) is 4. The summed E-state index contributed by atoms with van der Waals surface area (Å²) in [5.41, 5.74) is 0. The van der Waals surface area contributed by atoms with Crippen molar-refractivity contribution >= 4 is 11.8 Å². The van der Waals surface area contributed by atoms with E-state index in [1.165, 1.54) is 51.4 Å². The zero-order valence-electron chi connectivity index (χ0n) is 13.7. The Morgan fingerprint density at radius 1 is 1.19 bits per heavy atom. The van der Waals surface area contributed by atoms with Crippen LogP contribution < -0.4 is 5.32 Å². The SMILES string of the molecule is CSC1CCC(NCC(O)COC2CCCC(C)C2)CC1. The van der Waals surface area contributed by atoms with Gasteiger partial charge in [0.05, 0.1) is 18.8 Å². The molecule has 2 aliphatic carbocycles. The van der Waals surface area contributed by atoms with Gasteiger partial charge in [-0.3, -0.25) is 0 Å². The van der Waals surface area contributed by atoms with Gasteiger partial charge in [-0.1, -0.05) is 19.8 Å². The van der Waals surface area contributed by atoms with E-state index in [1.807, 2.05) is 11.8 Å². The van der Waals surface area contributed by atoms with Gasteiger partial charge in [0.1, 0.15) is 0 Å². The van der Waals surface area contributed by atoms with E-state index in [1.54, 1.807) is 0 Å². The van der Waals surface area contributed by atoms with Crippen molar-refractivity contribution in [1.82, 2.24) is 5.32 Å². The Labute approximate surface area is 134 Å². The second-order valence-electron chi connectivity index (χ2n) is 7.00. The van der Waals surface area contributed by atoms with Crippen molar-refractivity contribution < 1.29 is 9.84 Å². The Bertz CT molecular complexity index is 282. The van der Waals surface area contributed by atoms with Crippen molar-refractivity contribution in [3.8, 4) is 0 Å². The van der Waals surface area contributed by atoms with E-state index >= 15 is 0 Å². The summed E-state index contributed by atoms with van der Waals surface area (Å²) < 4.78 is 5.90. The molecular weight excluding hydrogens is 282 g/mol. The molecule has 0 aliphatic heterocycles. The van der Waals surface area contributed by atoms with E-state index in [0.29, 0.717) is 25.3 Å². The molecule has 0 aromatic rings. The zero-order chi connectivity index (χ0) is 15.1. The molecule has 2 aliphatic rings. The van der Waals surface area contributed by atoms with Crippen molar-refractivity contribution in [2.45, 2.75) is 81.8 Å². The van der Waals surface area contributed by atoms with E-state index in [9.17, 15) is 5.11 Å². The Balaban J connectivity index is 1.54. The molecule has 4 heteroatoms. The minimum absolute atomic E-state index is 0.361. The summed E-state index contributed by atoms with van der Waals surface area (Å²) in [5, 5.41) is 14.5. The smallest absolute Gasteiger partial charge is 0.0897 e. The number of aliphatic hydroxyl groups excluding tert-OH is 1. The molecule has 0 bridgehead atoms. The van der Waals surface area contributed by atoms with Gasteiger partial charge in [-0.05, 0) is 50.7 Å². The van der Waals surface area contributed by atoms with E-state index in [0.717, 1.165) is 11.2 Å². The van der Waals surface area contributed by atoms with Crippen LogP contribution in [0.25, 0.3) is 0 Å². The Morgan fingerprint density at radius 3 is 2.62 bits per heavy atom. The second-order valence-corrected chi connectivity index (χ2v) is 8.14. The predicted molar refractivity (Wildman–Crippen MR) is 90.9 cm³/mol. The average molecular weight is 316 g/mol. The number of aliphatic hydroxyl groups is 1. The third-order valence-corrected chi connectivity index (χ3v) is 6.20. The highest BCUT2D eigenvalue weighted by Gasteiger charge is 2.22. The number of nitrogens with one attached hydrogen (secondary N) is 1. The molecule has 0 saturated heterocycles. The molecule has 3 nitrogen and oxygen atoms in total. The zero-order valence-corrected chi connectivity index (χ0v) is 14.5. The third kappa shape index (κ3) is 6.47. The van der Waals surface area contributed by atoms with Crippen LogP contribution >= 0.6 is 11.8 Å². The summed E-state index contributed by atoms with van der Waals surface area (Å²) in [5.74, 6) is 0.783. The summed E-state index contributed by atoms with van der Waals surface area (Å²) in [6.45, 7) is 3.47. The summed E-state index contributed by atoms with van der Waals surface area (Å²) >= 11 is 2.00. The van der Waals surface area contributed by atoms with Gasteiger partial charge in [-0.25, -0.2) is 0 Å². The van der Waals surface area contributed by atoms with Crippen LogP contribution in [0.4, 0.5) is 0 Å². The minimum Gasteiger partial charge on any atom is -0.389 e. The van der Waals surface area contributed by atoms with E-state index in [-0.39, 0.29) is 6.10 Å². The fourth-order valence-corrected chi connectivity index (χ4v) is 4.38. The molecule has 0 amide bonds. The molecule has 2 fully saturated rings. The highest BCUT2D eigenvalue weighted by molar-refractivity contribution is 7.99. The van der Waals surface area contributed by atoms with Crippen molar-refractivity contribution in [2.24, 2.45) is 5.92 Å². The average Bonchev–Trinajstić information content (AvgIpc) is 2.51. The molecule has 21 heavy (non-hydrogen) atoms. The lowest BCUT2D eigenvalue weighted by Gasteiger charge is -2.30. The van der Waals surface area contributed by atoms with E-state index in [4.69, 9.17) is 4.74 Å². The maximum absolute atomic E-state index is 10.1. The predicted octanol–water partition coefficient (Wildman–Crippen LogP) is 3.21. The minimum atomic E-state index is -0.361. The van der Waals surface area contributed by atoms with Crippen LogP contribution in [0.1, 0.15) is 58.3 Å². The van der Waals surface area contributed by atoms with Crippen molar-refractivity contribution in [1.29, 1.82) is 0 Å². The van der Waals surface area contributed by atoms with Crippen molar-refractivity contribution in [2.75, 3.05) is 19.4 Å². The lowest BCUT2D eigenvalue weighted by atomic mass is 9.89. The van der Waals surface area contributed by atoms with Gasteiger partial charge in [-0.15, -0.1) is 0 Å². The first kappa shape index (κ1) is 17.6. The molecule has 3 unspecified atom stereocenters. The Hall–Kier alpha value is 0.230. The van der Waals surface area contributed by atoms with Gasteiger partial charge in [0.2, 0.25) is 0 Å². The monoisotopic (exact) mass is 315 g/mol. The van der Waals surface area contributed by atoms with Crippen molar-refractivity contribution in [3.05, 3.63) is 0 Å². The quantitative estimate of drug-likeness (QED) is 0.757. The molecule has 0 heterocycles. The normalized spacial score (nSPS) is 35.6. The Kier molecular flexibility index (Phi) is 7.86. The summed E-state index contributed by atoms with van der Waals surface area (Å²) in [4.78, 5) is 0. The Morgan fingerprint density at radius 2 is 1.95 bits per heavy atom. The number of thioether (sulfide) groups is 1. The summed E-state index contributed by atoms with van der Waals surface area (Å²) in [6, 6.07) is 0.595. The highest BCUT2D eigenvalue weighted by atomic mass is 32.2. The van der Waals surface area contributed by atoms with Crippen molar-refractivity contribution in [3.63, 3.8) is 0 Å². The molecule has 2 saturated carbocycles. The van der Waals surface area contributed by atoms with Crippen LogP contribution in [-0.2, 0) is 4.74 Å². The van der Waals surface area contributed by atoms with Crippen LogP contribution in [0.5, 0.6) is 0 Å². The fraction of sp³-hybridized carbons (Fsp3) is 1.00. The molecule has 0 aromatic heterocycles. The first-order chi connectivity index (χ1) is 10.2. The summed E-state index contributed by atoms with van der Waals surface area (Å²) in [7, 11) is 0. The van der Waals surface area contributed by atoms with Gasteiger partial charge in [0.15, 0.2) is 0 Å². The number of rotatable bonds is 7. The van der Waals surface area contributed by atoms with Crippen LogP contribution in [0.15, 0.2) is 0 Å². The van der Waals surface area contributed by atoms with E-state index < -0.39 is 0 Å². The maximum Gasteiger partial charge on any atom is 0.0897 e. The first-order valence-corrected chi connectivity index (χ1v) is 10.0. The van der Waals surface area contributed by atoms with E-state index in [2.05, 4.69) is 18.5 Å². The van der Waals surface area contributed by atoms with Gasteiger partial charge >= 0.3 is 0 Å². The van der Waals surface area contributed by atoms with Gasteiger partial charge in [0, 0.05) is 17.8 Å². The lowest BCUT2D eigenvalue weighted by molar-refractivity contribution is -0.0313. The number of hydrogen-bond donors (Lipinski definition) is 2. The lowest BCUT2D eigenvalue weighted by Crippen LogP contribution is -2.40. The molecular formula is C17H33NO2S. The summed E-state index contributed by atoms with van der Waals surface area (Å²) in [6.07, 6.45) is 12.3. The van der Waals surface area contributed by atoms with Crippen LogP contribution in [0.3, 0.4) is 0 Å². The standard InChI is InChI=1S/C17H33NO2S/c1-13-4-3-5-16(10-13)20-12-15(19)11-18-14-6-8-17(21-2)9-7-14/h13-19H,3-12H2,1-2H3. The molecule has 124 valence electrons. The molecule has 3 atom stereocenters. The van der Waals surface area contributed by atoms with Crippen LogP contribution in [0.2, 0.25) is 0 Å². The molecule has 0 aromatic carbocycles. The molecule has 2 rings (SSSR count). The largest absolute Gasteiger partial charge is 0.389 e. The first-order valence-electron chi connectivity index (χ1n) is 8.73. The fourth-order valence-electron chi connectivity index (χ4n) is 3.64. The van der Waals surface area contributed by atoms with Crippen LogP contribution in [0, 0.1) is 5.92 Å². The topological polar surface area (TPSA) is 41.5 Å². The second kappa shape index (κ2) is 9.39. The molecule has 0 spiro atoms. The number of ether oxygens (including phenoxy) is 1. The highest BCUT2D eigenvalue weighted by Crippen LogP contribution is 2.27.